The molecule has 0 aliphatic rings. The maximum absolute atomic E-state index is 12.4. The molecule has 2 amide bonds. The van der Waals surface area contributed by atoms with Gasteiger partial charge in [-0.2, -0.15) is 0 Å². The topological polar surface area (TPSA) is 97.4 Å². The van der Waals surface area contributed by atoms with Gasteiger partial charge >= 0.3 is 5.97 Å². The van der Waals surface area contributed by atoms with Gasteiger partial charge in [0.25, 0.3) is 11.8 Å². The number of hydrogen-bond acceptors (Lipinski definition) is 6. The smallest absolute Gasteiger partial charge is 0.338 e. The van der Waals surface area contributed by atoms with Gasteiger partial charge < -0.3 is 15.4 Å². The van der Waals surface area contributed by atoms with Crippen LogP contribution in [-0.4, -0.2) is 28.9 Å². The van der Waals surface area contributed by atoms with Crippen LogP contribution in [0.25, 0.3) is 0 Å². The largest absolute Gasteiger partial charge is 0.449 e. The van der Waals surface area contributed by atoms with Gasteiger partial charge in [0.15, 0.2) is 11.3 Å². The zero-order valence-electron chi connectivity index (χ0n) is 15.2. The fourth-order valence-corrected chi connectivity index (χ4v) is 3.11. The van der Waals surface area contributed by atoms with Crippen molar-refractivity contribution >= 4 is 52.1 Å². The molecule has 1 atom stereocenters. The minimum atomic E-state index is -1.07. The Kier molecular flexibility index (Phi) is 6.58. The molecule has 0 spiro atoms. The van der Waals surface area contributed by atoms with Gasteiger partial charge in [0.1, 0.15) is 0 Å². The lowest BCUT2D eigenvalue weighted by Crippen LogP contribution is -2.30. The van der Waals surface area contributed by atoms with Crippen molar-refractivity contribution in [2.75, 3.05) is 10.6 Å². The number of ether oxygens (including phenoxy) is 1. The summed E-state index contributed by atoms with van der Waals surface area (Å²) in [5.41, 5.74) is 0.963. The highest BCUT2D eigenvalue weighted by atomic mass is 35.5. The highest BCUT2D eigenvalue weighted by molar-refractivity contribution is 7.12. The second-order valence-electron chi connectivity index (χ2n) is 5.89. The Morgan fingerprint density at radius 3 is 2.66 bits per heavy atom. The van der Waals surface area contributed by atoms with E-state index < -0.39 is 18.0 Å². The van der Waals surface area contributed by atoms with E-state index in [2.05, 4.69) is 15.6 Å². The van der Waals surface area contributed by atoms with E-state index in [1.165, 1.54) is 36.6 Å². The molecule has 3 aromatic rings. The number of thiophene rings is 1. The Morgan fingerprint density at radius 1 is 1.10 bits per heavy atom. The van der Waals surface area contributed by atoms with Crippen LogP contribution in [0.1, 0.15) is 27.0 Å². The van der Waals surface area contributed by atoms with Crippen LogP contribution in [0, 0.1) is 0 Å². The average Bonchev–Trinajstić information content (AvgIpc) is 3.25. The highest BCUT2D eigenvalue weighted by Gasteiger charge is 2.20. The highest BCUT2D eigenvalue weighted by Crippen LogP contribution is 2.19. The van der Waals surface area contributed by atoms with Crippen LogP contribution >= 0.6 is 22.9 Å². The van der Waals surface area contributed by atoms with Crippen LogP contribution in [0.15, 0.2) is 60.1 Å². The first-order valence-electron chi connectivity index (χ1n) is 8.51. The lowest BCUT2D eigenvalue weighted by atomic mass is 10.2. The Balaban J connectivity index is 1.62. The molecule has 9 heteroatoms. The molecule has 0 bridgehead atoms. The molecule has 3 rings (SSSR count). The second kappa shape index (κ2) is 9.31. The van der Waals surface area contributed by atoms with E-state index in [9.17, 15) is 14.4 Å². The third kappa shape index (κ3) is 5.40. The molecule has 2 heterocycles. The number of pyridine rings is 1. The molecule has 0 saturated heterocycles. The van der Waals surface area contributed by atoms with Crippen molar-refractivity contribution in [3.63, 3.8) is 0 Å². The van der Waals surface area contributed by atoms with Crippen LogP contribution in [0.3, 0.4) is 0 Å². The van der Waals surface area contributed by atoms with Crippen LogP contribution < -0.4 is 10.6 Å². The van der Waals surface area contributed by atoms with Crippen molar-refractivity contribution in [2.45, 2.75) is 13.0 Å². The predicted molar refractivity (Wildman–Crippen MR) is 111 cm³/mol. The lowest BCUT2D eigenvalue weighted by molar-refractivity contribution is -0.123. The van der Waals surface area contributed by atoms with Gasteiger partial charge in [0.05, 0.1) is 16.1 Å². The van der Waals surface area contributed by atoms with Crippen LogP contribution in [0.2, 0.25) is 5.15 Å². The summed E-state index contributed by atoms with van der Waals surface area (Å²) >= 11 is 7.22. The quantitative estimate of drug-likeness (QED) is 0.451. The van der Waals surface area contributed by atoms with E-state index in [0.29, 0.717) is 16.3 Å². The molecular weight excluding hydrogens is 414 g/mol. The van der Waals surface area contributed by atoms with Gasteiger partial charge in [-0.25, -0.2) is 9.78 Å². The summed E-state index contributed by atoms with van der Waals surface area (Å²) < 4.78 is 5.22. The normalized spacial score (nSPS) is 11.4. The van der Waals surface area contributed by atoms with Gasteiger partial charge in [-0.15, -0.1) is 11.3 Å². The van der Waals surface area contributed by atoms with Gasteiger partial charge in [-0.3, -0.25) is 9.59 Å². The molecule has 2 N–H and O–H groups in total. The Hall–Kier alpha value is -3.23. The summed E-state index contributed by atoms with van der Waals surface area (Å²) in [5.74, 6) is -1.51. The summed E-state index contributed by atoms with van der Waals surface area (Å²) in [4.78, 5) is 41.2. The predicted octanol–water partition coefficient (Wildman–Crippen LogP) is 4.23. The first-order valence-corrected chi connectivity index (χ1v) is 9.77. The SMILES string of the molecule is CC(OC(=O)c1cccc(NC(=O)c2cccs2)c1)C(=O)Nc1cccnc1Cl. The summed E-state index contributed by atoms with van der Waals surface area (Å²) in [6.45, 7) is 1.44. The second-order valence-corrected chi connectivity index (χ2v) is 7.20. The van der Waals surface area contributed by atoms with Crippen LogP contribution in [-0.2, 0) is 9.53 Å². The number of nitrogens with one attached hydrogen (secondary N) is 2. The van der Waals surface area contributed by atoms with E-state index in [4.69, 9.17) is 16.3 Å². The van der Waals surface area contributed by atoms with E-state index in [-0.39, 0.29) is 16.6 Å². The van der Waals surface area contributed by atoms with Crippen molar-refractivity contribution in [1.82, 2.24) is 4.98 Å². The van der Waals surface area contributed by atoms with E-state index in [1.54, 1.807) is 41.8 Å². The molecule has 29 heavy (non-hydrogen) atoms. The Labute approximate surface area is 175 Å². The van der Waals surface area contributed by atoms with E-state index in [1.807, 2.05) is 0 Å². The van der Waals surface area contributed by atoms with E-state index in [0.717, 1.165) is 0 Å². The van der Waals surface area contributed by atoms with Gasteiger partial charge in [0.2, 0.25) is 0 Å². The molecule has 0 radical (unpaired) electrons. The maximum atomic E-state index is 12.4. The van der Waals surface area contributed by atoms with Gasteiger partial charge in [0, 0.05) is 11.9 Å². The number of esters is 1. The Bertz CT molecular complexity index is 1040. The maximum Gasteiger partial charge on any atom is 0.338 e. The monoisotopic (exact) mass is 429 g/mol. The lowest BCUT2D eigenvalue weighted by Gasteiger charge is -2.14. The third-order valence-electron chi connectivity index (χ3n) is 3.77. The summed E-state index contributed by atoms with van der Waals surface area (Å²) in [5, 5.41) is 7.20. The molecule has 7 nitrogen and oxygen atoms in total. The zero-order valence-corrected chi connectivity index (χ0v) is 16.8. The van der Waals surface area contributed by atoms with Crippen molar-refractivity contribution in [3.05, 3.63) is 75.7 Å². The first-order chi connectivity index (χ1) is 13.9. The van der Waals surface area contributed by atoms with Gasteiger partial charge in [-0.05, 0) is 48.7 Å². The Morgan fingerprint density at radius 2 is 1.93 bits per heavy atom. The van der Waals surface area contributed by atoms with Crippen LogP contribution in [0.5, 0.6) is 0 Å². The minimum absolute atomic E-state index is 0.133. The number of carbonyl (C=O) groups excluding carboxylic acids is 3. The standard InChI is InChI=1S/C20H16ClN3O4S/c1-12(18(25)24-15-7-3-9-22-17(15)21)28-20(27)13-5-2-6-14(11-13)23-19(26)16-8-4-10-29-16/h2-12H,1H3,(H,23,26)(H,24,25). The first kappa shape index (κ1) is 20.5. The molecule has 2 aromatic heterocycles. The fourth-order valence-electron chi connectivity index (χ4n) is 2.32. The number of amides is 2. The van der Waals surface area contributed by atoms with Crippen molar-refractivity contribution in [3.8, 4) is 0 Å². The number of anilines is 2. The average molecular weight is 430 g/mol. The number of benzene rings is 1. The van der Waals surface area contributed by atoms with Crippen molar-refractivity contribution < 1.29 is 19.1 Å². The summed E-state index contributed by atoms with van der Waals surface area (Å²) in [7, 11) is 0. The molecule has 0 saturated carbocycles. The molecule has 1 aromatic carbocycles. The third-order valence-corrected chi connectivity index (χ3v) is 4.94. The molecule has 0 aliphatic carbocycles. The fraction of sp³-hybridized carbons (Fsp3) is 0.100. The van der Waals surface area contributed by atoms with Crippen LogP contribution in [0.4, 0.5) is 11.4 Å². The number of halogens is 1. The molecule has 148 valence electrons. The minimum Gasteiger partial charge on any atom is -0.449 e. The van der Waals surface area contributed by atoms with Gasteiger partial charge in [-0.1, -0.05) is 23.7 Å². The number of aromatic nitrogens is 1. The summed E-state index contributed by atoms with van der Waals surface area (Å²) in [6, 6.07) is 13.0. The van der Waals surface area contributed by atoms with Crippen molar-refractivity contribution in [1.29, 1.82) is 0 Å². The number of rotatable bonds is 6. The number of nitrogens with zero attached hydrogens (tertiary/aromatic N) is 1. The van der Waals surface area contributed by atoms with E-state index >= 15 is 0 Å². The molecule has 1 unspecified atom stereocenters. The molecular formula is C20H16ClN3O4S. The zero-order chi connectivity index (χ0) is 20.8. The number of carbonyl (C=O) groups is 3. The van der Waals surface area contributed by atoms with Crippen molar-refractivity contribution in [2.24, 2.45) is 0 Å². The molecule has 0 fully saturated rings. The molecule has 0 aliphatic heterocycles. The summed E-state index contributed by atoms with van der Waals surface area (Å²) in [6.07, 6.45) is 0.425. The number of hydrogen-bond donors (Lipinski definition) is 2.